The van der Waals surface area contributed by atoms with Crippen molar-refractivity contribution in [3.8, 4) is 0 Å². The molecule has 0 aromatic carbocycles. The second-order valence-electron chi connectivity index (χ2n) is 3.81. The van der Waals surface area contributed by atoms with E-state index in [0.29, 0.717) is 6.42 Å². The molecule has 0 fully saturated rings. The van der Waals surface area contributed by atoms with Crippen molar-refractivity contribution in [2.75, 3.05) is 6.61 Å². The lowest BCUT2D eigenvalue weighted by molar-refractivity contribution is -0.792. The van der Waals surface area contributed by atoms with Crippen LogP contribution in [-0.2, 0) is 9.53 Å². The molecule has 0 unspecified atom stereocenters. The maximum Gasteiger partial charge on any atom is 0.456 e. The lowest BCUT2D eigenvalue weighted by Crippen LogP contribution is -2.43. The molecule has 98 valence electrons. The summed E-state index contributed by atoms with van der Waals surface area (Å²) in [5.41, 5.74) is -2.33. The van der Waals surface area contributed by atoms with E-state index in [-0.39, 0.29) is 13.0 Å². The number of hydrogen-bond donors (Lipinski definition) is 0. The van der Waals surface area contributed by atoms with E-state index < -0.39 is 27.9 Å². The second kappa shape index (κ2) is 6.77. The Bertz CT molecular complexity index is 290. The number of ether oxygens (including phenoxy) is 1. The van der Waals surface area contributed by atoms with Crippen LogP contribution in [0.4, 0.5) is 0 Å². The van der Waals surface area contributed by atoms with Crippen molar-refractivity contribution in [1.82, 2.24) is 0 Å². The van der Waals surface area contributed by atoms with Crippen LogP contribution in [0.1, 0.15) is 39.5 Å². The third kappa shape index (κ3) is 4.75. The molecule has 0 aliphatic rings. The Morgan fingerprint density at radius 1 is 1.29 bits per heavy atom. The number of unbranched alkanes of at least 4 members (excludes halogenated alkanes) is 1. The molecule has 0 amide bonds. The largest absolute Gasteiger partial charge is 0.466 e. The average molecular weight is 248 g/mol. The van der Waals surface area contributed by atoms with Crippen molar-refractivity contribution in [2.24, 2.45) is 0 Å². The van der Waals surface area contributed by atoms with Gasteiger partial charge in [-0.25, -0.2) is 0 Å². The Labute approximate surface area is 98.2 Å². The van der Waals surface area contributed by atoms with Crippen molar-refractivity contribution < 1.29 is 19.4 Å². The summed E-state index contributed by atoms with van der Waals surface area (Å²) in [7, 11) is 0. The topological polar surface area (TPSA) is 113 Å². The number of rotatable bonds is 8. The molecule has 0 saturated carbocycles. The zero-order valence-electron chi connectivity index (χ0n) is 9.88. The number of nitrogens with zero attached hydrogens (tertiary/aromatic N) is 2. The van der Waals surface area contributed by atoms with Gasteiger partial charge in [-0.3, -0.25) is 25.0 Å². The summed E-state index contributed by atoms with van der Waals surface area (Å²) in [6.07, 6.45) is 0.752. The van der Waals surface area contributed by atoms with Crippen LogP contribution in [0.3, 0.4) is 0 Å². The fourth-order valence-corrected chi connectivity index (χ4v) is 0.991. The van der Waals surface area contributed by atoms with Crippen LogP contribution in [0.15, 0.2) is 0 Å². The molecule has 0 rings (SSSR count). The van der Waals surface area contributed by atoms with Crippen LogP contribution in [-0.4, -0.2) is 28.1 Å². The Hall–Kier alpha value is -1.73. The molecule has 0 radical (unpaired) electrons. The molecule has 8 heteroatoms. The first kappa shape index (κ1) is 15.3. The molecule has 0 aromatic rings. The van der Waals surface area contributed by atoms with Gasteiger partial charge < -0.3 is 4.74 Å². The van der Waals surface area contributed by atoms with E-state index >= 15 is 0 Å². The quantitative estimate of drug-likeness (QED) is 0.211. The number of nitro groups is 2. The first-order valence-electron chi connectivity index (χ1n) is 5.29. The summed E-state index contributed by atoms with van der Waals surface area (Å²) in [5.74, 6) is -0.645. The van der Waals surface area contributed by atoms with Gasteiger partial charge in [-0.05, 0) is 6.42 Å². The Kier molecular flexibility index (Phi) is 6.08. The highest BCUT2D eigenvalue weighted by Gasteiger charge is 2.50. The highest BCUT2D eigenvalue weighted by atomic mass is 16.7. The lowest BCUT2D eigenvalue weighted by Gasteiger charge is -2.11. The van der Waals surface area contributed by atoms with Gasteiger partial charge in [0.25, 0.3) is 0 Å². The predicted molar refractivity (Wildman–Crippen MR) is 57.5 cm³/mol. The molecule has 0 heterocycles. The predicted octanol–water partition coefficient (Wildman–Crippen LogP) is 1.38. The zero-order valence-corrected chi connectivity index (χ0v) is 9.88. The van der Waals surface area contributed by atoms with Gasteiger partial charge in [0.05, 0.1) is 36.2 Å². The number of hydrogen-bond acceptors (Lipinski definition) is 6. The van der Waals surface area contributed by atoms with Gasteiger partial charge in [0, 0.05) is 0 Å². The van der Waals surface area contributed by atoms with E-state index in [1.807, 2.05) is 6.92 Å². The minimum atomic E-state index is -2.33. The van der Waals surface area contributed by atoms with Crippen molar-refractivity contribution in [1.29, 1.82) is 0 Å². The molecule has 0 atom stereocenters. The fraction of sp³-hybridized carbons (Fsp3) is 0.889. The van der Waals surface area contributed by atoms with Crippen LogP contribution >= 0.6 is 0 Å². The Morgan fingerprint density at radius 3 is 2.24 bits per heavy atom. The highest BCUT2D eigenvalue weighted by molar-refractivity contribution is 5.69. The molecule has 0 saturated heterocycles. The lowest BCUT2D eigenvalue weighted by atomic mass is 10.1. The SMILES string of the molecule is CCCCOC(=O)CCC(C)([N+](=O)[O-])[N+](=O)[O-]. The molecular weight excluding hydrogens is 232 g/mol. The van der Waals surface area contributed by atoms with Gasteiger partial charge in [-0.2, -0.15) is 0 Å². The summed E-state index contributed by atoms with van der Waals surface area (Å²) in [5, 5.41) is 21.1. The maximum absolute atomic E-state index is 11.1. The molecule has 17 heavy (non-hydrogen) atoms. The second-order valence-corrected chi connectivity index (χ2v) is 3.81. The Morgan fingerprint density at radius 2 is 1.82 bits per heavy atom. The molecule has 0 aliphatic heterocycles. The molecule has 0 spiro atoms. The number of carbonyl (C=O) groups is 1. The third-order valence-corrected chi connectivity index (χ3v) is 2.35. The molecule has 0 bridgehead atoms. The maximum atomic E-state index is 11.1. The summed E-state index contributed by atoms with van der Waals surface area (Å²) in [6, 6.07) is 0. The van der Waals surface area contributed by atoms with E-state index in [1.165, 1.54) is 0 Å². The van der Waals surface area contributed by atoms with Gasteiger partial charge >= 0.3 is 11.6 Å². The molecular formula is C9H16N2O6. The van der Waals surface area contributed by atoms with Gasteiger partial charge in [0.1, 0.15) is 0 Å². The van der Waals surface area contributed by atoms with Crippen LogP contribution in [0.5, 0.6) is 0 Å². The van der Waals surface area contributed by atoms with Crippen molar-refractivity contribution in [3.63, 3.8) is 0 Å². The monoisotopic (exact) mass is 248 g/mol. The van der Waals surface area contributed by atoms with E-state index in [2.05, 4.69) is 0 Å². The van der Waals surface area contributed by atoms with Crippen LogP contribution in [0.2, 0.25) is 0 Å². The van der Waals surface area contributed by atoms with E-state index in [9.17, 15) is 25.0 Å². The van der Waals surface area contributed by atoms with E-state index in [0.717, 1.165) is 13.3 Å². The van der Waals surface area contributed by atoms with Crippen molar-refractivity contribution in [2.45, 2.75) is 45.2 Å². The third-order valence-electron chi connectivity index (χ3n) is 2.35. The fourth-order valence-electron chi connectivity index (χ4n) is 0.991. The summed E-state index contributed by atoms with van der Waals surface area (Å²) >= 11 is 0. The van der Waals surface area contributed by atoms with E-state index in [1.54, 1.807) is 0 Å². The molecule has 0 N–H and O–H groups in total. The molecule has 8 nitrogen and oxygen atoms in total. The summed E-state index contributed by atoms with van der Waals surface area (Å²) in [6.45, 7) is 3.04. The van der Waals surface area contributed by atoms with Crippen LogP contribution < -0.4 is 0 Å². The Balaban J connectivity index is 4.19. The molecule has 0 aliphatic carbocycles. The van der Waals surface area contributed by atoms with Gasteiger partial charge in [-0.15, -0.1) is 0 Å². The standard InChI is InChI=1S/C9H16N2O6/c1-3-4-7-17-8(12)5-6-9(2,10(13)14)11(15)16/h3-7H2,1-2H3. The zero-order chi connectivity index (χ0) is 13.5. The highest BCUT2D eigenvalue weighted by Crippen LogP contribution is 2.17. The minimum Gasteiger partial charge on any atom is -0.466 e. The van der Waals surface area contributed by atoms with Gasteiger partial charge in [0.2, 0.25) is 0 Å². The number of esters is 1. The van der Waals surface area contributed by atoms with Crippen LogP contribution in [0.25, 0.3) is 0 Å². The molecule has 0 aromatic heterocycles. The van der Waals surface area contributed by atoms with Crippen LogP contribution in [0, 0.1) is 20.2 Å². The van der Waals surface area contributed by atoms with Gasteiger partial charge in [-0.1, -0.05) is 13.3 Å². The normalized spacial score (nSPS) is 10.9. The smallest absolute Gasteiger partial charge is 0.456 e. The first-order valence-corrected chi connectivity index (χ1v) is 5.29. The number of carbonyl (C=O) groups excluding carboxylic acids is 1. The summed E-state index contributed by atoms with van der Waals surface area (Å²) in [4.78, 5) is 30.2. The van der Waals surface area contributed by atoms with Crippen molar-refractivity contribution >= 4 is 5.97 Å². The first-order chi connectivity index (χ1) is 7.84. The van der Waals surface area contributed by atoms with E-state index in [4.69, 9.17) is 4.74 Å². The van der Waals surface area contributed by atoms with Crippen molar-refractivity contribution in [3.05, 3.63) is 20.2 Å². The van der Waals surface area contributed by atoms with Gasteiger partial charge in [0.15, 0.2) is 0 Å². The minimum absolute atomic E-state index is 0.239. The average Bonchev–Trinajstić information content (AvgIpc) is 2.25. The summed E-state index contributed by atoms with van der Waals surface area (Å²) < 4.78 is 4.75.